The molecule has 2 aromatic rings. The van der Waals surface area contributed by atoms with Crippen molar-refractivity contribution < 1.29 is 0 Å². The quantitative estimate of drug-likeness (QED) is 0.570. The van der Waals surface area contributed by atoms with Gasteiger partial charge >= 0.3 is 0 Å². The summed E-state index contributed by atoms with van der Waals surface area (Å²) in [6.07, 6.45) is 2.72. The molecule has 27 heavy (non-hydrogen) atoms. The molecule has 2 aromatic carbocycles. The Labute approximate surface area is 171 Å². The van der Waals surface area contributed by atoms with E-state index in [2.05, 4.69) is 30.0 Å². The summed E-state index contributed by atoms with van der Waals surface area (Å²) in [6.45, 7) is 2.13. The maximum Gasteiger partial charge on any atom is 0.126 e. The molecule has 0 aromatic heterocycles. The summed E-state index contributed by atoms with van der Waals surface area (Å²) >= 11 is 11.7. The summed E-state index contributed by atoms with van der Waals surface area (Å²) in [6, 6.07) is 20.0. The van der Waals surface area contributed by atoms with Crippen LogP contribution in [0.5, 0.6) is 0 Å². The van der Waals surface area contributed by atoms with Gasteiger partial charge in [0.2, 0.25) is 0 Å². The SMILES string of the molecule is CN1C(=S)C(C)(Cc2ccccc2)N(C)C(=S)C1=Cc1ccccc1C#N. The first-order valence-electron chi connectivity index (χ1n) is 8.69. The molecule has 0 bridgehead atoms. The molecule has 1 heterocycles. The smallest absolute Gasteiger partial charge is 0.126 e. The van der Waals surface area contributed by atoms with Crippen molar-refractivity contribution in [3.05, 3.63) is 77.0 Å². The van der Waals surface area contributed by atoms with Gasteiger partial charge < -0.3 is 9.80 Å². The number of likely N-dealkylation sites (N-methyl/N-ethyl adjacent to an activating group) is 2. The third kappa shape index (κ3) is 3.51. The lowest BCUT2D eigenvalue weighted by Crippen LogP contribution is -2.63. The predicted molar refractivity (Wildman–Crippen MR) is 118 cm³/mol. The molecule has 0 spiro atoms. The molecule has 1 unspecified atom stereocenters. The molecule has 1 atom stereocenters. The number of rotatable bonds is 3. The fraction of sp³-hybridized carbons (Fsp3) is 0.227. The Morgan fingerprint density at radius 3 is 2.33 bits per heavy atom. The van der Waals surface area contributed by atoms with Gasteiger partial charge in [-0.25, -0.2) is 0 Å². The van der Waals surface area contributed by atoms with E-state index in [-0.39, 0.29) is 0 Å². The number of piperazine rings is 1. The van der Waals surface area contributed by atoms with E-state index in [0.29, 0.717) is 5.56 Å². The minimum atomic E-state index is -0.394. The van der Waals surface area contributed by atoms with Crippen molar-refractivity contribution in [2.45, 2.75) is 18.9 Å². The van der Waals surface area contributed by atoms with Crippen LogP contribution >= 0.6 is 24.4 Å². The second-order valence-electron chi connectivity index (χ2n) is 6.89. The predicted octanol–water partition coefficient (Wildman–Crippen LogP) is 4.43. The first-order chi connectivity index (χ1) is 12.9. The molecule has 0 N–H and O–H groups in total. The third-order valence-corrected chi connectivity index (χ3v) is 6.35. The van der Waals surface area contributed by atoms with E-state index in [1.165, 1.54) is 5.56 Å². The van der Waals surface area contributed by atoms with Crippen LogP contribution in [0.1, 0.15) is 23.6 Å². The molecule has 0 radical (unpaired) electrons. The van der Waals surface area contributed by atoms with E-state index >= 15 is 0 Å². The van der Waals surface area contributed by atoms with Crippen LogP contribution in [0, 0.1) is 11.3 Å². The standard InChI is InChI=1S/C22H21N3S2/c1-22(14-16-9-5-4-6-10-16)21(27)24(2)19(20(26)25(22)3)13-17-11-7-8-12-18(17)15-23/h4-13H,14H2,1-3H3. The van der Waals surface area contributed by atoms with Gasteiger partial charge in [0.05, 0.1) is 22.9 Å². The Hall–Kier alpha value is -2.55. The van der Waals surface area contributed by atoms with E-state index in [1.54, 1.807) is 6.07 Å². The highest BCUT2D eigenvalue weighted by atomic mass is 32.1. The van der Waals surface area contributed by atoms with Crippen molar-refractivity contribution in [2.24, 2.45) is 0 Å². The molecule has 5 heteroatoms. The molecule has 1 aliphatic rings. The van der Waals surface area contributed by atoms with Crippen molar-refractivity contribution in [1.29, 1.82) is 5.26 Å². The van der Waals surface area contributed by atoms with E-state index < -0.39 is 5.54 Å². The average Bonchev–Trinajstić information content (AvgIpc) is 2.69. The van der Waals surface area contributed by atoms with Crippen molar-refractivity contribution in [3.63, 3.8) is 0 Å². The first kappa shape index (κ1) is 19.2. The van der Waals surface area contributed by atoms with Gasteiger partial charge in [0.1, 0.15) is 9.98 Å². The van der Waals surface area contributed by atoms with Crippen LogP contribution in [-0.4, -0.2) is 39.4 Å². The van der Waals surface area contributed by atoms with Crippen LogP contribution in [0.25, 0.3) is 6.08 Å². The van der Waals surface area contributed by atoms with Crippen LogP contribution in [0.3, 0.4) is 0 Å². The van der Waals surface area contributed by atoms with Gasteiger partial charge in [-0.15, -0.1) is 0 Å². The zero-order valence-corrected chi connectivity index (χ0v) is 17.3. The third-order valence-electron chi connectivity index (χ3n) is 5.16. The van der Waals surface area contributed by atoms with E-state index in [4.69, 9.17) is 24.4 Å². The number of nitriles is 1. The molecule has 1 fully saturated rings. The van der Waals surface area contributed by atoms with E-state index in [0.717, 1.165) is 27.7 Å². The monoisotopic (exact) mass is 391 g/mol. The van der Waals surface area contributed by atoms with Crippen LogP contribution in [-0.2, 0) is 6.42 Å². The highest BCUT2D eigenvalue weighted by Crippen LogP contribution is 2.33. The topological polar surface area (TPSA) is 30.3 Å². The Bertz CT molecular complexity index is 959. The van der Waals surface area contributed by atoms with Crippen LogP contribution < -0.4 is 0 Å². The number of benzene rings is 2. The maximum absolute atomic E-state index is 9.37. The van der Waals surface area contributed by atoms with Gasteiger partial charge in [-0.3, -0.25) is 0 Å². The molecule has 1 saturated heterocycles. The van der Waals surface area contributed by atoms with E-state index in [1.807, 2.05) is 61.5 Å². The fourth-order valence-electron chi connectivity index (χ4n) is 3.37. The van der Waals surface area contributed by atoms with Gasteiger partial charge in [0.15, 0.2) is 0 Å². The summed E-state index contributed by atoms with van der Waals surface area (Å²) in [5.74, 6) is 0. The normalized spacial score (nSPS) is 21.5. The first-order valence-corrected chi connectivity index (χ1v) is 9.51. The fourth-order valence-corrected chi connectivity index (χ4v) is 4.08. The molecule has 3 nitrogen and oxygen atoms in total. The van der Waals surface area contributed by atoms with Crippen molar-refractivity contribution in [2.75, 3.05) is 14.1 Å². The second-order valence-corrected chi connectivity index (χ2v) is 7.67. The summed E-state index contributed by atoms with van der Waals surface area (Å²) in [5, 5.41) is 9.37. The molecule has 0 aliphatic carbocycles. The molecule has 0 amide bonds. The zero-order chi connectivity index (χ0) is 19.6. The molecule has 1 aliphatic heterocycles. The molecular formula is C22H21N3S2. The summed E-state index contributed by atoms with van der Waals surface area (Å²) < 4.78 is 0. The summed E-state index contributed by atoms with van der Waals surface area (Å²) in [7, 11) is 3.94. The van der Waals surface area contributed by atoms with Crippen LogP contribution in [0.4, 0.5) is 0 Å². The maximum atomic E-state index is 9.37. The zero-order valence-electron chi connectivity index (χ0n) is 15.6. The Balaban J connectivity index is 2.00. The van der Waals surface area contributed by atoms with Gasteiger partial charge in [-0.2, -0.15) is 5.26 Å². The average molecular weight is 392 g/mol. The van der Waals surface area contributed by atoms with Crippen molar-refractivity contribution in [1.82, 2.24) is 9.80 Å². The van der Waals surface area contributed by atoms with Crippen LogP contribution in [0.2, 0.25) is 0 Å². The molecular weight excluding hydrogens is 370 g/mol. The summed E-state index contributed by atoms with van der Waals surface area (Å²) in [4.78, 5) is 5.59. The minimum absolute atomic E-state index is 0.394. The summed E-state index contributed by atoms with van der Waals surface area (Å²) in [5.41, 5.74) is 3.12. The minimum Gasteiger partial charge on any atom is -0.352 e. The second kappa shape index (κ2) is 7.59. The number of nitrogens with zero attached hydrogens (tertiary/aromatic N) is 3. The molecule has 3 rings (SSSR count). The lowest BCUT2D eigenvalue weighted by molar-refractivity contribution is 0.285. The van der Waals surface area contributed by atoms with Crippen LogP contribution in [0.15, 0.2) is 60.3 Å². The lowest BCUT2D eigenvalue weighted by atomic mass is 9.88. The largest absolute Gasteiger partial charge is 0.352 e. The highest BCUT2D eigenvalue weighted by Gasteiger charge is 2.43. The van der Waals surface area contributed by atoms with Crippen molar-refractivity contribution >= 4 is 40.5 Å². The lowest BCUT2D eigenvalue weighted by Gasteiger charge is -2.50. The number of hydrogen-bond donors (Lipinski definition) is 0. The number of hydrogen-bond acceptors (Lipinski definition) is 3. The highest BCUT2D eigenvalue weighted by molar-refractivity contribution is 7.81. The molecule has 136 valence electrons. The van der Waals surface area contributed by atoms with E-state index in [9.17, 15) is 5.26 Å². The van der Waals surface area contributed by atoms with Gasteiger partial charge in [0.25, 0.3) is 0 Å². The van der Waals surface area contributed by atoms with Crippen molar-refractivity contribution in [3.8, 4) is 6.07 Å². The molecule has 0 saturated carbocycles. The number of thiocarbonyl (C=S) groups is 2. The van der Waals surface area contributed by atoms with Gasteiger partial charge in [0, 0.05) is 20.5 Å². The Morgan fingerprint density at radius 1 is 1.04 bits per heavy atom. The van der Waals surface area contributed by atoms with Gasteiger partial charge in [-0.1, -0.05) is 73.0 Å². The Morgan fingerprint density at radius 2 is 1.67 bits per heavy atom. The van der Waals surface area contributed by atoms with Gasteiger partial charge in [-0.05, 0) is 30.2 Å². The Kier molecular flexibility index (Phi) is 5.41.